The van der Waals surface area contributed by atoms with Crippen molar-refractivity contribution in [1.82, 2.24) is 5.06 Å². The Bertz CT molecular complexity index is 330. The van der Waals surface area contributed by atoms with Gasteiger partial charge in [0.2, 0.25) is 0 Å². The summed E-state index contributed by atoms with van der Waals surface area (Å²) in [5.41, 5.74) is 7.90. The fourth-order valence-corrected chi connectivity index (χ4v) is 1.28. The molecule has 0 amide bonds. The van der Waals surface area contributed by atoms with Crippen LogP contribution in [0.25, 0.3) is 0 Å². The van der Waals surface area contributed by atoms with Crippen LogP contribution in [0.2, 0.25) is 0 Å². The zero-order valence-electron chi connectivity index (χ0n) is 9.19. The van der Waals surface area contributed by atoms with E-state index in [-0.39, 0.29) is 0 Å². The first kappa shape index (κ1) is 11.8. The second-order valence-corrected chi connectivity index (χ2v) is 3.20. The van der Waals surface area contributed by atoms with Crippen molar-refractivity contribution in [3.8, 4) is 0 Å². The first-order valence-electron chi connectivity index (χ1n) is 4.62. The number of nitrogens with two attached hydrogens (primary N) is 1. The van der Waals surface area contributed by atoms with Crippen molar-refractivity contribution in [2.24, 2.45) is 0 Å². The standard InChI is InChI=1S/C10H17N3O2/c1-12-9-5-4-7(6-8(9)11)10(14)13(2)15-3/h4-6,10,12,14H,11H2,1-3H3. The van der Waals surface area contributed by atoms with E-state index in [0.29, 0.717) is 11.3 Å². The van der Waals surface area contributed by atoms with Crippen LogP contribution in [0.3, 0.4) is 0 Å². The number of benzene rings is 1. The molecule has 1 aromatic carbocycles. The third kappa shape index (κ3) is 2.59. The average Bonchev–Trinajstić information content (AvgIpc) is 2.26. The lowest BCUT2D eigenvalue weighted by Crippen LogP contribution is -2.23. The minimum absolute atomic E-state index is 0.596. The van der Waals surface area contributed by atoms with Crippen LogP contribution in [0, 0.1) is 0 Å². The number of nitrogens with zero attached hydrogens (tertiary/aromatic N) is 1. The van der Waals surface area contributed by atoms with Crippen molar-refractivity contribution in [2.45, 2.75) is 6.23 Å². The monoisotopic (exact) mass is 211 g/mol. The maximum atomic E-state index is 9.80. The zero-order valence-corrected chi connectivity index (χ0v) is 9.19. The van der Waals surface area contributed by atoms with Gasteiger partial charge in [0.05, 0.1) is 18.5 Å². The lowest BCUT2D eigenvalue weighted by atomic mass is 10.1. The van der Waals surface area contributed by atoms with Gasteiger partial charge in [-0.15, -0.1) is 0 Å². The predicted molar refractivity (Wildman–Crippen MR) is 60.1 cm³/mol. The first-order valence-corrected chi connectivity index (χ1v) is 4.62. The summed E-state index contributed by atoms with van der Waals surface area (Å²) in [6, 6.07) is 5.33. The molecule has 0 aliphatic carbocycles. The van der Waals surface area contributed by atoms with Crippen molar-refractivity contribution in [3.63, 3.8) is 0 Å². The van der Waals surface area contributed by atoms with Gasteiger partial charge in [0.1, 0.15) is 0 Å². The molecule has 0 spiro atoms. The van der Waals surface area contributed by atoms with Gasteiger partial charge in [0.15, 0.2) is 6.23 Å². The number of nitrogen functional groups attached to an aromatic ring is 1. The van der Waals surface area contributed by atoms with Crippen molar-refractivity contribution >= 4 is 11.4 Å². The molecule has 5 nitrogen and oxygen atoms in total. The van der Waals surface area contributed by atoms with E-state index < -0.39 is 6.23 Å². The van der Waals surface area contributed by atoms with Crippen LogP contribution in [0.5, 0.6) is 0 Å². The van der Waals surface area contributed by atoms with Gasteiger partial charge in [-0.2, -0.15) is 5.06 Å². The summed E-state index contributed by atoms with van der Waals surface area (Å²) >= 11 is 0. The molecule has 0 aromatic heterocycles. The minimum Gasteiger partial charge on any atom is -0.397 e. The van der Waals surface area contributed by atoms with Gasteiger partial charge in [0, 0.05) is 14.1 Å². The Balaban J connectivity index is 2.92. The number of rotatable bonds is 4. The summed E-state index contributed by atoms with van der Waals surface area (Å²) in [5, 5.41) is 14.1. The Labute approximate surface area is 89.4 Å². The number of aliphatic hydroxyl groups is 1. The highest BCUT2D eigenvalue weighted by Crippen LogP contribution is 2.24. The van der Waals surface area contributed by atoms with Crippen LogP contribution in [-0.4, -0.2) is 31.4 Å². The highest BCUT2D eigenvalue weighted by Gasteiger charge is 2.13. The molecule has 1 rings (SSSR count). The molecule has 0 radical (unpaired) electrons. The van der Waals surface area contributed by atoms with Gasteiger partial charge in [-0.3, -0.25) is 4.84 Å². The summed E-state index contributed by atoms with van der Waals surface area (Å²) < 4.78 is 0. The van der Waals surface area contributed by atoms with Crippen LogP contribution in [0.4, 0.5) is 11.4 Å². The molecule has 15 heavy (non-hydrogen) atoms. The highest BCUT2D eigenvalue weighted by atomic mass is 16.7. The van der Waals surface area contributed by atoms with E-state index in [1.807, 2.05) is 6.07 Å². The summed E-state index contributed by atoms with van der Waals surface area (Å²) in [5.74, 6) is 0. The van der Waals surface area contributed by atoms with E-state index in [1.54, 1.807) is 26.2 Å². The Morgan fingerprint density at radius 3 is 2.67 bits per heavy atom. The lowest BCUT2D eigenvalue weighted by Gasteiger charge is -2.21. The first-order chi connectivity index (χ1) is 7.10. The second kappa shape index (κ2) is 4.97. The number of hydrogen-bond donors (Lipinski definition) is 3. The Morgan fingerprint density at radius 1 is 1.53 bits per heavy atom. The molecule has 0 aliphatic rings. The van der Waals surface area contributed by atoms with Crippen LogP contribution in [0.1, 0.15) is 11.8 Å². The topological polar surface area (TPSA) is 70.8 Å². The van der Waals surface area contributed by atoms with Gasteiger partial charge in [0.25, 0.3) is 0 Å². The summed E-state index contributed by atoms with van der Waals surface area (Å²) in [4.78, 5) is 4.89. The normalized spacial score (nSPS) is 12.9. The molecule has 0 heterocycles. The van der Waals surface area contributed by atoms with Gasteiger partial charge >= 0.3 is 0 Å². The molecule has 0 saturated heterocycles. The maximum absolute atomic E-state index is 9.80. The van der Waals surface area contributed by atoms with Crippen molar-refractivity contribution in [3.05, 3.63) is 23.8 Å². The molecular weight excluding hydrogens is 194 g/mol. The van der Waals surface area contributed by atoms with Crippen LogP contribution < -0.4 is 11.1 Å². The third-order valence-corrected chi connectivity index (χ3v) is 2.28. The molecule has 0 bridgehead atoms. The molecule has 1 aromatic rings. The zero-order chi connectivity index (χ0) is 11.4. The Morgan fingerprint density at radius 2 is 2.20 bits per heavy atom. The number of anilines is 2. The van der Waals surface area contributed by atoms with Crippen LogP contribution >= 0.6 is 0 Å². The Hall–Kier alpha value is -1.30. The summed E-state index contributed by atoms with van der Waals surface area (Å²) in [6.45, 7) is 0. The van der Waals surface area contributed by atoms with Gasteiger partial charge < -0.3 is 16.2 Å². The summed E-state index contributed by atoms with van der Waals surface area (Å²) in [7, 11) is 4.93. The quantitative estimate of drug-likeness (QED) is 0.390. The Kier molecular flexibility index (Phi) is 3.90. The number of aliphatic hydroxyl groups excluding tert-OH is 1. The molecular formula is C10H17N3O2. The van der Waals surface area contributed by atoms with E-state index in [2.05, 4.69) is 5.32 Å². The van der Waals surface area contributed by atoms with Crippen LogP contribution in [-0.2, 0) is 4.84 Å². The average molecular weight is 211 g/mol. The molecule has 4 N–H and O–H groups in total. The van der Waals surface area contributed by atoms with Gasteiger partial charge in [-0.1, -0.05) is 6.07 Å². The minimum atomic E-state index is -0.816. The fourth-order valence-electron chi connectivity index (χ4n) is 1.28. The van der Waals surface area contributed by atoms with E-state index in [9.17, 15) is 5.11 Å². The van der Waals surface area contributed by atoms with E-state index in [0.717, 1.165) is 5.69 Å². The predicted octanol–water partition coefficient (Wildman–Crippen LogP) is 0.795. The summed E-state index contributed by atoms with van der Waals surface area (Å²) in [6.07, 6.45) is -0.816. The highest BCUT2D eigenvalue weighted by molar-refractivity contribution is 5.66. The number of hydrogen-bond acceptors (Lipinski definition) is 5. The van der Waals surface area contributed by atoms with E-state index >= 15 is 0 Å². The van der Waals surface area contributed by atoms with Gasteiger partial charge in [-0.25, -0.2) is 0 Å². The second-order valence-electron chi connectivity index (χ2n) is 3.20. The third-order valence-electron chi connectivity index (χ3n) is 2.28. The number of hydroxylamine groups is 2. The fraction of sp³-hybridized carbons (Fsp3) is 0.400. The van der Waals surface area contributed by atoms with E-state index in [1.165, 1.54) is 12.2 Å². The van der Waals surface area contributed by atoms with Crippen molar-refractivity contribution in [1.29, 1.82) is 0 Å². The lowest BCUT2D eigenvalue weighted by molar-refractivity contribution is -0.206. The maximum Gasteiger partial charge on any atom is 0.155 e. The number of nitrogens with one attached hydrogen (secondary N) is 1. The van der Waals surface area contributed by atoms with E-state index in [4.69, 9.17) is 10.6 Å². The van der Waals surface area contributed by atoms with Crippen molar-refractivity contribution in [2.75, 3.05) is 32.3 Å². The SMILES string of the molecule is CNc1ccc(C(O)N(C)OC)cc1N. The smallest absolute Gasteiger partial charge is 0.155 e. The van der Waals surface area contributed by atoms with Gasteiger partial charge in [-0.05, 0) is 17.7 Å². The molecule has 0 fully saturated rings. The molecule has 84 valence electrons. The van der Waals surface area contributed by atoms with Crippen molar-refractivity contribution < 1.29 is 9.94 Å². The van der Waals surface area contributed by atoms with Crippen LogP contribution in [0.15, 0.2) is 18.2 Å². The largest absolute Gasteiger partial charge is 0.397 e. The molecule has 0 aliphatic heterocycles. The molecule has 1 unspecified atom stereocenters. The molecule has 1 atom stereocenters. The molecule has 0 saturated carbocycles. The molecule has 5 heteroatoms.